The normalized spacial score (nSPS) is 12.7. The van der Waals surface area contributed by atoms with Crippen LogP contribution >= 0.6 is 23.4 Å². The van der Waals surface area contributed by atoms with E-state index in [9.17, 15) is 18.0 Å². The number of alkyl halides is 3. The highest BCUT2D eigenvalue weighted by Crippen LogP contribution is 2.39. The van der Waals surface area contributed by atoms with Crippen molar-refractivity contribution in [2.45, 2.75) is 18.6 Å². The molecule has 0 aliphatic rings. The first kappa shape index (κ1) is 20.5. The molecule has 0 bridgehead atoms. The molecule has 1 heterocycles. The van der Waals surface area contributed by atoms with Gasteiger partial charge in [0.05, 0.1) is 6.04 Å². The van der Waals surface area contributed by atoms with Crippen molar-refractivity contribution in [1.29, 1.82) is 0 Å². The van der Waals surface area contributed by atoms with E-state index < -0.39 is 40.4 Å². The minimum Gasteiger partial charge on any atom is -0.340 e. The van der Waals surface area contributed by atoms with Crippen molar-refractivity contribution in [1.82, 2.24) is 9.97 Å². The summed E-state index contributed by atoms with van der Waals surface area (Å²) in [7, 11) is 0. The number of hydrogen-bond donors (Lipinski definition) is 2. The Kier molecular flexibility index (Phi) is 6.85. The van der Waals surface area contributed by atoms with E-state index in [0.717, 1.165) is 0 Å². The van der Waals surface area contributed by atoms with Gasteiger partial charge in [-0.25, -0.2) is 9.97 Å². The predicted molar refractivity (Wildman–Crippen MR) is 97.1 cm³/mol. The van der Waals surface area contributed by atoms with Crippen LogP contribution in [0.3, 0.4) is 0 Å². The van der Waals surface area contributed by atoms with E-state index in [1.165, 1.54) is 11.8 Å². The van der Waals surface area contributed by atoms with Crippen LogP contribution in [0.4, 0.5) is 24.7 Å². The van der Waals surface area contributed by atoms with Gasteiger partial charge in [0.25, 0.3) is 0 Å². The highest BCUT2D eigenvalue weighted by atomic mass is 35.5. The van der Waals surface area contributed by atoms with Crippen LogP contribution in [0.25, 0.3) is 0 Å². The molecule has 0 fully saturated rings. The van der Waals surface area contributed by atoms with Crippen molar-refractivity contribution in [2.75, 3.05) is 17.3 Å². The van der Waals surface area contributed by atoms with Crippen LogP contribution in [-0.4, -0.2) is 33.8 Å². The number of aromatic nitrogens is 2. The Bertz CT molecular complexity index is 774. The molecule has 0 saturated carbocycles. The molecule has 0 spiro atoms. The summed E-state index contributed by atoms with van der Waals surface area (Å²) in [5.41, 5.74) is 4.90. The lowest BCUT2D eigenvalue weighted by Gasteiger charge is -2.16. The fourth-order valence-corrected chi connectivity index (χ4v) is 2.85. The summed E-state index contributed by atoms with van der Waals surface area (Å²) in [6.07, 6.45) is -2.59. The molecule has 0 aliphatic carbocycles. The molecule has 0 amide bonds. The molecule has 10 heteroatoms. The number of ketones is 1. The number of benzene rings is 1. The SMILES string of the molecule is CSCCC(N)C(=O)c1nc(Cl)c(C(F)(F)F)c(Nc2ccccc2)n1. The summed E-state index contributed by atoms with van der Waals surface area (Å²) in [5, 5.41) is 1.69. The first-order valence-corrected chi connectivity index (χ1v) is 9.26. The van der Waals surface area contributed by atoms with Crippen LogP contribution in [0, 0.1) is 0 Å². The maximum atomic E-state index is 13.4. The lowest BCUT2D eigenvalue weighted by atomic mass is 10.1. The van der Waals surface area contributed by atoms with E-state index in [1.807, 2.05) is 6.26 Å². The van der Waals surface area contributed by atoms with Gasteiger partial charge in [0.1, 0.15) is 16.5 Å². The van der Waals surface area contributed by atoms with Gasteiger partial charge in [-0.1, -0.05) is 29.8 Å². The number of Topliss-reactive ketones (excluding diaryl/α,β-unsaturated/α-hetero) is 1. The van der Waals surface area contributed by atoms with Gasteiger partial charge in [0, 0.05) is 5.69 Å². The van der Waals surface area contributed by atoms with Crippen molar-refractivity contribution in [2.24, 2.45) is 5.73 Å². The first-order chi connectivity index (χ1) is 12.2. The van der Waals surface area contributed by atoms with Gasteiger partial charge < -0.3 is 11.1 Å². The molecule has 0 radical (unpaired) electrons. The van der Waals surface area contributed by atoms with Crippen LogP contribution in [-0.2, 0) is 6.18 Å². The summed E-state index contributed by atoms with van der Waals surface area (Å²) < 4.78 is 40.1. The number of nitrogens with one attached hydrogen (secondary N) is 1. The number of rotatable bonds is 7. The van der Waals surface area contributed by atoms with E-state index in [2.05, 4.69) is 15.3 Å². The van der Waals surface area contributed by atoms with E-state index in [-0.39, 0.29) is 0 Å². The highest BCUT2D eigenvalue weighted by Gasteiger charge is 2.39. The van der Waals surface area contributed by atoms with Gasteiger partial charge in [-0.2, -0.15) is 24.9 Å². The van der Waals surface area contributed by atoms with Crippen LogP contribution in [0.5, 0.6) is 0 Å². The van der Waals surface area contributed by atoms with Crippen LogP contribution in [0.15, 0.2) is 30.3 Å². The number of para-hydroxylation sites is 1. The fraction of sp³-hybridized carbons (Fsp3) is 0.312. The van der Waals surface area contributed by atoms with Crippen molar-refractivity contribution >= 4 is 40.7 Å². The molecule has 1 aromatic carbocycles. The van der Waals surface area contributed by atoms with Crippen molar-refractivity contribution < 1.29 is 18.0 Å². The average molecular weight is 405 g/mol. The van der Waals surface area contributed by atoms with Gasteiger partial charge >= 0.3 is 6.18 Å². The first-order valence-electron chi connectivity index (χ1n) is 7.49. The molecule has 1 atom stereocenters. The van der Waals surface area contributed by atoms with Crippen molar-refractivity contribution in [3.05, 3.63) is 46.9 Å². The Morgan fingerprint density at radius 3 is 2.54 bits per heavy atom. The summed E-state index contributed by atoms with van der Waals surface area (Å²) in [6, 6.07) is 7.19. The zero-order valence-corrected chi connectivity index (χ0v) is 15.3. The minimum atomic E-state index is -4.79. The lowest BCUT2D eigenvalue weighted by Crippen LogP contribution is -2.33. The maximum absolute atomic E-state index is 13.4. The van der Waals surface area contributed by atoms with E-state index in [4.69, 9.17) is 17.3 Å². The maximum Gasteiger partial charge on any atom is 0.422 e. The third kappa shape index (κ3) is 5.09. The third-order valence-electron chi connectivity index (χ3n) is 3.38. The topological polar surface area (TPSA) is 80.9 Å². The number of nitrogens with two attached hydrogens (primary N) is 1. The minimum absolute atomic E-state index is 0.351. The fourth-order valence-electron chi connectivity index (χ4n) is 2.09. The molecule has 2 aromatic rings. The number of carbonyl (C=O) groups excluding carboxylic acids is 1. The summed E-state index contributed by atoms with van der Waals surface area (Å²) in [4.78, 5) is 19.6. The molecular formula is C16H16ClF3N4OS. The van der Waals surface area contributed by atoms with Gasteiger partial charge in [0.15, 0.2) is 0 Å². The Hall–Kier alpha value is -1.84. The lowest BCUT2D eigenvalue weighted by molar-refractivity contribution is -0.137. The molecule has 0 saturated heterocycles. The van der Waals surface area contributed by atoms with Gasteiger partial charge in [-0.3, -0.25) is 4.79 Å². The van der Waals surface area contributed by atoms with Crippen molar-refractivity contribution in [3.8, 4) is 0 Å². The Morgan fingerprint density at radius 2 is 1.96 bits per heavy atom. The molecule has 1 unspecified atom stereocenters. The molecular weight excluding hydrogens is 389 g/mol. The van der Waals surface area contributed by atoms with Crippen LogP contribution < -0.4 is 11.1 Å². The van der Waals surface area contributed by atoms with E-state index in [1.54, 1.807) is 30.3 Å². The van der Waals surface area contributed by atoms with Gasteiger partial charge in [0.2, 0.25) is 11.6 Å². The van der Waals surface area contributed by atoms with Crippen LogP contribution in [0.2, 0.25) is 5.15 Å². The average Bonchev–Trinajstić information content (AvgIpc) is 2.58. The highest BCUT2D eigenvalue weighted by molar-refractivity contribution is 7.98. The summed E-state index contributed by atoms with van der Waals surface area (Å²) >= 11 is 7.23. The second-order valence-electron chi connectivity index (χ2n) is 5.30. The molecule has 1 aromatic heterocycles. The Labute approximate surface area is 157 Å². The smallest absolute Gasteiger partial charge is 0.340 e. The second kappa shape index (κ2) is 8.70. The predicted octanol–water partition coefficient (Wildman–Crippen LogP) is 4.16. The molecule has 2 rings (SSSR count). The molecule has 26 heavy (non-hydrogen) atoms. The third-order valence-corrected chi connectivity index (χ3v) is 4.29. The number of nitrogens with zero attached hydrogens (tertiary/aromatic N) is 2. The second-order valence-corrected chi connectivity index (χ2v) is 6.65. The number of anilines is 2. The number of hydrogen-bond acceptors (Lipinski definition) is 6. The Morgan fingerprint density at radius 1 is 1.31 bits per heavy atom. The standard InChI is InChI=1S/C16H16ClF3N4OS/c1-26-8-7-10(21)12(25)15-23-13(17)11(16(18,19)20)14(24-15)22-9-5-3-2-4-6-9/h2-6,10H,7-8,21H2,1H3,(H,22,23,24). The molecule has 5 nitrogen and oxygen atoms in total. The number of carbonyl (C=O) groups is 1. The monoisotopic (exact) mass is 404 g/mol. The zero-order chi connectivity index (χ0) is 19.3. The van der Waals surface area contributed by atoms with E-state index >= 15 is 0 Å². The quantitative estimate of drug-likeness (QED) is 0.533. The number of halogens is 4. The number of thioether (sulfide) groups is 1. The molecule has 140 valence electrons. The zero-order valence-electron chi connectivity index (χ0n) is 13.7. The molecule has 0 aliphatic heterocycles. The summed E-state index contributed by atoms with van der Waals surface area (Å²) in [5.74, 6) is -1.08. The van der Waals surface area contributed by atoms with Gasteiger partial charge in [-0.05, 0) is 30.6 Å². The van der Waals surface area contributed by atoms with Crippen LogP contribution in [0.1, 0.15) is 22.6 Å². The summed E-state index contributed by atoms with van der Waals surface area (Å²) in [6.45, 7) is 0. The van der Waals surface area contributed by atoms with Gasteiger partial charge in [-0.15, -0.1) is 0 Å². The Balaban J connectivity index is 2.45. The molecule has 3 N–H and O–H groups in total. The van der Waals surface area contributed by atoms with E-state index in [0.29, 0.717) is 17.9 Å². The van der Waals surface area contributed by atoms with Crippen molar-refractivity contribution in [3.63, 3.8) is 0 Å². The largest absolute Gasteiger partial charge is 0.422 e.